The van der Waals surface area contributed by atoms with E-state index in [-0.39, 0.29) is 5.41 Å². The van der Waals surface area contributed by atoms with Crippen molar-refractivity contribution in [1.82, 2.24) is 5.32 Å². The Kier molecular flexibility index (Phi) is 7.04. The zero-order valence-corrected chi connectivity index (χ0v) is 12.3. The van der Waals surface area contributed by atoms with Crippen LogP contribution in [-0.2, 0) is 5.41 Å². The minimum Gasteiger partial charge on any atom is -0.316 e. The predicted molar refractivity (Wildman–Crippen MR) is 81.1 cm³/mol. The topological polar surface area (TPSA) is 12.0 Å². The van der Waals surface area contributed by atoms with E-state index in [1.54, 1.807) is 0 Å². The Morgan fingerprint density at radius 3 is 2.28 bits per heavy atom. The molecule has 0 radical (unpaired) electrons. The van der Waals surface area contributed by atoms with Crippen LogP contribution in [0.5, 0.6) is 0 Å². The SMILES string of the molecule is CCCCCCCNCC(C)(C)c1ccccc1. The molecule has 0 spiro atoms. The fraction of sp³-hybridized carbons (Fsp3) is 0.647. The first kappa shape index (κ1) is 15.2. The molecule has 0 unspecified atom stereocenters. The van der Waals surface area contributed by atoms with Gasteiger partial charge in [0.1, 0.15) is 0 Å². The summed E-state index contributed by atoms with van der Waals surface area (Å²) in [4.78, 5) is 0. The highest BCUT2D eigenvalue weighted by Gasteiger charge is 2.19. The van der Waals surface area contributed by atoms with Gasteiger partial charge in [0, 0.05) is 12.0 Å². The summed E-state index contributed by atoms with van der Waals surface area (Å²) in [5.74, 6) is 0. The molecule has 0 saturated carbocycles. The lowest BCUT2D eigenvalue weighted by molar-refractivity contribution is 0.460. The Morgan fingerprint density at radius 1 is 0.944 bits per heavy atom. The van der Waals surface area contributed by atoms with Gasteiger partial charge in [0.15, 0.2) is 0 Å². The van der Waals surface area contributed by atoms with E-state index in [0.29, 0.717) is 0 Å². The van der Waals surface area contributed by atoms with Crippen molar-refractivity contribution in [2.24, 2.45) is 0 Å². The predicted octanol–water partition coefficient (Wildman–Crippen LogP) is 4.52. The maximum atomic E-state index is 3.60. The van der Waals surface area contributed by atoms with Crippen LogP contribution < -0.4 is 5.32 Å². The van der Waals surface area contributed by atoms with Gasteiger partial charge in [0.25, 0.3) is 0 Å². The Hall–Kier alpha value is -0.820. The largest absolute Gasteiger partial charge is 0.316 e. The molecule has 0 bridgehead atoms. The van der Waals surface area contributed by atoms with Crippen molar-refractivity contribution in [3.8, 4) is 0 Å². The average Bonchev–Trinajstić information content (AvgIpc) is 2.39. The summed E-state index contributed by atoms with van der Waals surface area (Å²) < 4.78 is 0. The van der Waals surface area contributed by atoms with Gasteiger partial charge in [-0.3, -0.25) is 0 Å². The van der Waals surface area contributed by atoms with Gasteiger partial charge in [-0.1, -0.05) is 76.8 Å². The minimum absolute atomic E-state index is 0.227. The molecule has 1 nitrogen and oxygen atoms in total. The van der Waals surface area contributed by atoms with E-state index in [4.69, 9.17) is 0 Å². The molecule has 18 heavy (non-hydrogen) atoms. The smallest absolute Gasteiger partial charge is 0.00431 e. The molecule has 0 atom stereocenters. The molecular formula is C17H29N. The molecular weight excluding hydrogens is 218 g/mol. The molecule has 0 amide bonds. The fourth-order valence-corrected chi connectivity index (χ4v) is 2.25. The van der Waals surface area contributed by atoms with Gasteiger partial charge in [-0.2, -0.15) is 0 Å². The molecule has 1 N–H and O–H groups in total. The summed E-state index contributed by atoms with van der Waals surface area (Å²) in [5.41, 5.74) is 1.65. The van der Waals surface area contributed by atoms with E-state index in [1.165, 1.54) is 37.7 Å². The number of benzene rings is 1. The Morgan fingerprint density at radius 2 is 1.61 bits per heavy atom. The molecule has 0 aliphatic carbocycles. The normalized spacial score (nSPS) is 11.7. The molecule has 1 aromatic carbocycles. The third-order valence-electron chi connectivity index (χ3n) is 3.58. The van der Waals surface area contributed by atoms with Crippen LogP contribution in [0, 0.1) is 0 Å². The average molecular weight is 247 g/mol. The van der Waals surface area contributed by atoms with Crippen molar-refractivity contribution in [3.05, 3.63) is 35.9 Å². The standard InChI is InChI=1S/C17H29N/c1-4-5-6-7-11-14-18-15-17(2,3)16-12-9-8-10-13-16/h8-10,12-13,18H,4-7,11,14-15H2,1-3H3. The second-order valence-corrected chi connectivity index (χ2v) is 5.84. The van der Waals surface area contributed by atoms with Crippen LogP contribution in [0.25, 0.3) is 0 Å². The highest BCUT2D eigenvalue weighted by molar-refractivity contribution is 5.23. The summed E-state index contributed by atoms with van der Waals surface area (Å²) in [6.07, 6.45) is 6.78. The molecule has 1 heteroatoms. The quantitative estimate of drug-likeness (QED) is 0.632. The number of rotatable bonds is 9. The second-order valence-electron chi connectivity index (χ2n) is 5.84. The van der Waals surface area contributed by atoms with Gasteiger partial charge in [0.2, 0.25) is 0 Å². The molecule has 1 rings (SSSR count). The van der Waals surface area contributed by atoms with Gasteiger partial charge in [-0.15, -0.1) is 0 Å². The Balaban J connectivity index is 2.18. The highest BCUT2D eigenvalue weighted by Crippen LogP contribution is 2.21. The lowest BCUT2D eigenvalue weighted by Gasteiger charge is -2.25. The third kappa shape index (κ3) is 5.68. The van der Waals surface area contributed by atoms with Crippen molar-refractivity contribution in [3.63, 3.8) is 0 Å². The van der Waals surface area contributed by atoms with Crippen molar-refractivity contribution in [2.75, 3.05) is 13.1 Å². The lowest BCUT2D eigenvalue weighted by Crippen LogP contribution is -2.33. The first-order valence-electron chi connectivity index (χ1n) is 7.43. The van der Waals surface area contributed by atoms with Gasteiger partial charge < -0.3 is 5.32 Å². The third-order valence-corrected chi connectivity index (χ3v) is 3.58. The van der Waals surface area contributed by atoms with Gasteiger partial charge in [-0.05, 0) is 18.5 Å². The monoisotopic (exact) mass is 247 g/mol. The summed E-state index contributed by atoms with van der Waals surface area (Å²) in [6, 6.07) is 10.8. The number of nitrogens with one attached hydrogen (secondary N) is 1. The second kappa shape index (κ2) is 8.31. The van der Waals surface area contributed by atoms with E-state index in [9.17, 15) is 0 Å². The van der Waals surface area contributed by atoms with Crippen molar-refractivity contribution < 1.29 is 0 Å². The summed E-state index contributed by atoms with van der Waals surface area (Å²) in [5, 5.41) is 3.60. The van der Waals surface area contributed by atoms with Crippen molar-refractivity contribution in [1.29, 1.82) is 0 Å². The summed E-state index contributed by atoms with van der Waals surface area (Å²) in [6.45, 7) is 9.10. The molecule has 0 aliphatic heterocycles. The van der Waals surface area contributed by atoms with Crippen LogP contribution in [0.3, 0.4) is 0 Å². The molecule has 0 fully saturated rings. The lowest BCUT2D eigenvalue weighted by atomic mass is 9.84. The highest BCUT2D eigenvalue weighted by atomic mass is 14.9. The zero-order chi connectivity index (χ0) is 13.3. The summed E-state index contributed by atoms with van der Waals surface area (Å²) in [7, 11) is 0. The molecule has 1 aromatic rings. The Labute approximate surface area is 113 Å². The molecule has 0 aliphatic rings. The Bertz CT molecular complexity index is 303. The maximum Gasteiger partial charge on any atom is 0.00431 e. The molecule has 0 heterocycles. The van der Waals surface area contributed by atoms with E-state index in [0.717, 1.165) is 13.1 Å². The van der Waals surface area contributed by atoms with E-state index in [2.05, 4.69) is 56.4 Å². The van der Waals surface area contributed by atoms with E-state index >= 15 is 0 Å². The van der Waals surface area contributed by atoms with Gasteiger partial charge >= 0.3 is 0 Å². The molecule has 0 saturated heterocycles. The van der Waals surface area contributed by atoms with Crippen LogP contribution in [-0.4, -0.2) is 13.1 Å². The number of unbranched alkanes of at least 4 members (excludes halogenated alkanes) is 4. The van der Waals surface area contributed by atoms with Crippen LogP contribution in [0.1, 0.15) is 58.4 Å². The minimum atomic E-state index is 0.227. The van der Waals surface area contributed by atoms with Crippen LogP contribution in [0.4, 0.5) is 0 Å². The molecule has 102 valence electrons. The van der Waals surface area contributed by atoms with Gasteiger partial charge in [0.05, 0.1) is 0 Å². The van der Waals surface area contributed by atoms with E-state index < -0.39 is 0 Å². The van der Waals surface area contributed by atoms with Crippen molar-refractivity contribution in [2.45, 2.75) is 58.3 Å². The molecule has 0 aromatic heterocycles. The van der Waals surface area contributed by atoms with E-state index in [1.807, 2.05) is 0 Å². The van der Waals surface area contributed by atoms with Crippen LogP contribution in [0.15, 0.2) is 30.3 Å². The van der Waals surface area contributed by atoms with Crippen LogP contribution >= 0.6 is 0 Å². The fourth-order valence-electron chi connectivity index (χ4n) is 2.25. The number of hydrogen-bond acceptors (Lipinski definition) is 1. The maximum absolute atomic E-state index is 3.60. The van der Waals surface area contributed by atoms with Gasteiger partial charge in [-0.25, -0.2) is 0 Å². The summed E-state index contributed by atoms with van der Waals surface area (Å²) >= 11 is 0. The first-order chi connectivity index (χ1) is 8.67. The van der Waals surface area contributed by atoms with Crippen LogP contribution in [0.2, 0.25) is 0 Å². The number of hydrogen-bond donors (Lipinski definition) is 1. The zero-order valence-electron chi connectivity index (χ0n) is 12.3. The first-order valence-corrected chi connectivity index (χ1v) is 7.43. The van der Waals surface area contributed by atoms with Crippen molar-refractivity contribution >= 4 is 0 Å².